The number of nitrogens with two attached hydrogens (primary N) is 1. The second-order valence-electron chi connectivity index (χ2n) is 3.96. The van der Waals surface area contributed by atoms with Crippen LogP contribution in [0.15, 0.2) is 24.5 Å². The second kappa shape index (κ2) is 5.32. The van der Waals surface area contributed by atoms with E-state index in [9.17, 15) is 4.79 Å². The van der Waals surface area contributed by atoms with Gasteiger partial charge in [0.2, 0.25) is 0 Å². The first kappa shape index (κ1) is 13.4. The molecule has 1 aromatic heterocycles. The minimum atomic E-state index is -0.486. The van der Waals surface area contributed by atoms with E-state index in [0.717, 1.165) is 5.82 Å². The van der Waals surface area contributed by atoms with Crippen molar-refractivity contribution in [2.75, 3.05) is 12.8 Å². The van der Waals surface area contributed by atoms with Crippen LogP contribution in [0.5, 0.6) is 0 Å². The van der Waals surface area contributed by atoms with Gasteiger partial charge in [0.1, 0.15) is 5.82 Å². The minimum absolute atomic E-state index is 0.320. The van der Waals surface area contributed by atoms with Gasteiger partial charge in [-0.25, -0.2) is 9.78 Å². The Labute approximate surface area is 116 Å². The molecule has 0 radical (unpaired) electrons. The average molecular weight is 280 g/mol. The van der Waals surface area contributed by atoms with Gasteiger partial charge in [-0.2, -0.15) is 0 Å². The van der Waals surface area contributed by atoms with Crippen molar-refractivity contribution in [3.63, 3.8) is 0 Å². The lowest BCUT2D eigenvalue weighted by Gasteiger charge is -2.14. The van der Waals surface area contributed by atoms with Gasteiger partial charge in [0.25, 0.3) is 0 Å². The second-order valence-corrected chi connectivity index (χ2v) is 4.36. The average Bonchev–Trinajstić information content (AvgIpc) is 2.84. The lowest BCUT2D eigenvalue weighted by Crippen LogP contribution is -2.11. The van der Waals surface area contributed by atoms with Crippen LogP contribution in [0.4, 0.5) is 5.69 Å². The van der Waals surface area contributed by atoms with E-state index in [4.69, 9.17) is 22.1 Å². The van der Waals surface area contributed by atoms with Gasteiger partial charge in [-0.1, -0.05) is 18.5 Å². The van der Waals surface area contributed by atoms with E-state index in [1.807, 2.05) is 6.92 Å². The fourth-order valence-electron chi connectivity index (χ4n) is 1.93. The Bertz CT molecular complexity index is 622. The molecule has 1 heterocycles. The predicted molar refractivity (Wildman–Crippen MR) is 73.7 cm³/mol. The van der Waals surface area contributed by atoms with Gasteiger partial charge in [-0.3, -0.25) is 0 Å². The molecule has 0 saturated carbocycles. The van der Waals surface area contributed by atoms with Crippen LogP contribution < -0.4 is 5.73 Å². The van der Waals surface area contributed by atoms with Crippen LogP contribution in [-0.4, -0.2) is 22.6 Å². The number of aromatic nitrogens is 2. The summed E-state index contributed by atoms with van der Waals surface area (Å²) in [5.74, 6) is 0.316. The number of carbonyl (C=O) groups is 1. The van der Waals surface area contributed by atoms with E-state index in [1.54, 1.807) is 29.1 Å². The van der Waals surface area contributed by atoms with Crippen LogP contribution in [0.1, 0.15) is 23.1 Å². The lowest BCUT2D eigenvalue weighted by molar-refractivity contribution is 0.0601. The number of rotatable bonds is 3. The number of carbonyl (C=O) groups excluding carboxylic acids is 1. The van der Waals surface area contributed by atoms with E-state index < -0.39 is 5.97 Å². The van der Waals surface area contributed by atoms with Crippen LogP contribution in [0.2, 0.25) is 5.02 Å². The molecule has 0 unspecified atom stereocenters. The third-order valence-electron chi connectivity index (χ3n) is 2.77. The molecule has 0 saturated heterocycles. The van der Waals surface area contributed by atoms with Crippen molar-refractivity contribution >= 4 is 23.3 Å². The number of halogens is 1. The summed E-state index contributed by atoms with van der Waals surface area (Å²) in [6.45, 7) is 1.97. The molecule has 0 amide bonds. The number of hydrogen-bond donors (Lipinski definition) is 1. The molecule has 100 valence electrons. The van der Waals surface area contributed by atoms with Crippen molar-refractivity contribution < 1.29 is 9.53 Å². The van der Waals surface area contributed by atoms with Crippen molar-refractivity contribution in [1.29, 1.82) is 0 Å². The van der Waals surface area contributed by atoms with Crippen LogP contribution in [0.3, 0.4) is 0 Å². The number of esters is 1. The molecule has 6 heteroatoms. The Morgan fingerprint density at radius 1 is 1.53 bits per heavy atom. The molecule has 19 heavy (non-hydrogen) atoms. The molecule has 5 nitrogen and oxygen atoms in total. The molecule has 0 spiro atoms. The number of anilines is 1. The Balaban J connectivity index is 2.71. The topological polar surface area (TPSA) is 70.1 Å². The largest absolute Gasteiger partial charge is 0.465 e. The van der Waals surface area contributed by atoms with Gasteiger partial charge in [0.05, 0.1) is 23.4 Å². The summed E-state index contributed by atoms with van der Waals surface area (Å²) in [6, 6.07) is 3.15. The molecule has 2 aromatic rings. The fraction of sp³-hybridized carbons (Fsp3) is 0.231. The normalized spacial score (nSPS) is 10.5. The van der Waals surface area contributed by atoms with E-state index in [-0.39, 0.29) is 0 Å². The highest BCUT2D eigenvalue weighted by molar-refractivity contribution is 6.33. The zero-order chi connectivity index (χ0) is 14.0. The number of nitrogens with zero attached hydrogens (tertiary/aromatic N) is 2. The molecule has 0 bridgehead atoms. The Hall–Kier alpha value is -2.01. The number of nitrogen functional groups attached to an aromatic ring is 1. The standard InChI is InChI=1S/C13H14ClN3O2/c1-3-11-16-4-5-17(11)12-9(13(18)19-2)6-8(15)7-10(12)14/h4-7H,3,15H2,1-2H3. The zero-order valence-electron chi connectivity index (χ0n) is 10.7. The first-order valence-electron chi connectivity index (χ1n) is 5.78. The van der Waals surface area contributed by atoms with E-state index >= 15 is 0 Å². The van der Waals surface area contributed by atoms with Crippen LogP contribution in [0.25, 0.3) is 5.69 Å². The maximum atomic E-state index is 11.9. The predicted octanol–water partition coefficient (Wildman–Crippen LogP) is 2.46. The molecular weight excluding hydrogens is 266 g/mol. The molecule has 0 aliphatic heterocycles. The van der Waals surface area contributed by atoms with Gasteiger partial charge in [0.15, 0.2) is 0 Å². The third kappa shape index (κ3) is 2.42. The third-order valence-corrected chi connectivity index (χ3v) is 3.05. The maximum Gasteiger partial charge on any atom is 0.340 e. The maximum absolute atomic E-state index is 11.9. The first-order valence-corrected chi connectivity index (χ1v) is 6.16. The van der Waals surface area contributed by atoms with Gasteiger partial charge in [0, 0.05) is 24.5 Å². The number of benzene rings is 1. The summed E-state index contributed by atoms with van der Waals surface area (Å²) in [5.41, 5.74) is 7.00. The molecule has 0 aliphatic rings. The highest BCUT2D eigenvalue weighted by atomic mass is 35.5. The molecule has 2 N–H and O–H groups in total. The number of hydrogen-bond acceptors (Lipinski definition) is 4. The van der Waals surface area contributed by atoms with E-state index in [0.29, 0.717) is 28.4 Å². The number of methoxy groups -OCH3 is 1. The number of imidazole rings is 1. The summed E-state index contributed by atoms with van der Waals surface area (Å²) in [7, 11) is 1.32. The fourth-order valence-corrected chi connectivity index (χ4v) is 2.25. The SMILES string of the molecule is CCc1nccn1-c1c(Cl)cc(N)cc1C(=O)OC. The van der Waals surface area contributed by atoms with Crippen LogP contribution in [-0.2, 0) is 11.2 Å². The molecule has 0 atom stereocenters. The summed E-state index contributed by atoms with van der Waals surface area (Å²) in [5, 5.41) is 0.383. The van der Waals surface area contributed by atoms with Gasteiger partial charge >= 0.3 is 5.97 Å². The lowest BCUT2D eigenvalue weighted by atomic mass is 10.1. The van der Waals surface area contributed by atoms with Gasteiger partial charge < -0.3 is 15.0 Å². The van der Waals surface area contributed by atoms with E-state index in [2.05, 4.69) is 4.98 Å². The summed E-state index contributed by atoms with van der Waals surface area (Å²) in [4.78, 5) is 16.1. The van der Waals surface area contributed by atoms with Crippen molar-refractivity contribution in [1.82, 2.24) is 9.55 Å². The van der Waals surface area contributed by atoms with Crippen LogP contribution in [0, 0.1) is 0 Å². The number of ether oxygens (including phenoxy) is 1. The Morgan fingerprint density at radius 3 is 2.89 bits per heavy atom. The van der Waals surface area contributed by atoms with Crippen LogP contribution >= 0.6 is 11.6 Å². The van der Waals surface area contributed by atoms with Gasteiger partial charge in [-0.05, 0) is 12.1 Å². The smallest absolute Gasteiger partial charge is 0.340 e. The van der Waals surface area contributed by atoms with E-state index in [1.165, 1.54) is 7.11 Å². The molecule has 0 aliphatic carbocycles. The zero-order valence-corrected chi connectivity index (χ0v) is 11.4. The quantitative estimate of drug-likeness (QED) is 0.692. The van der Waals surface area contributed by atoms with Crippen molar-refractivity contribution in [3.05, 3.63) is 40.9 Å². The minimum Gasteiger partial charge on any atom is -0.465 e. The molecule has 1 aromatic carbocycles. The highest BCUT2D eigenvalue weighted by Crippen LogP contribution is 2.29. The highest BCUT2D eigenvalue weighted by Gasteiger charge is 2.19. The molecular formula is C13H14ClN3O2. The first-order chi connectivity index (χ1) is 9.08. The molecule has 2 rings (SSSR count). The summed E-state index contributed by atoms with van der Waals surface area (Å²) < 4.78 is 6.54. The Morgan fingerprint density at radius 2 is 2.26 bits per heavy atom. The van der Waals surface area contributed by atoms with Gasteiger partial charge in [-0.15, -0.1) is 0 Å². The monoisotopic (exact) mass is 279 g/mol. The van der Waals surface area contributed by atoms with Crippen molar-refractivity contribution in [2.24, 2.45) is 0 Å². The Kier molecular flexibility index (Phi) is 3.76. The van der Waals surface area contributed by atoms with Crippen molar-refractivity contribution in [2.45, 2.75) is 13.3 Å². The number of aryl methyl sites for hydroxylation is 1. The molecule has 0 fully saturated rings. The van der Waals surface area contributed by atoms with Crippen molar-refractivity contribution in [3.8, 4) is 5.69 Å². The summed E-state index contributed by atoms with van der Waals surface area (Å²) in [6.07, 6.45) is 4.13. The summed E-state index contributed by atoms with van der Waals surface area (Å²) >= 11 is 6.22.